The molecule has 0 bridgehead atoms. The summed E-state index contributed by atoms with van der Waals surface area (Å²) in [6.07, 6.45) is 0. The number of halogens is 1. The average Bonchev–Trinajstić information content (AvgIpc) is 2.39. The monoisotopic (exact) mass is 281 g/mol. The molecule has 0 atom stereocenters. The van der Waals surface area contributed by atoms with E-state index in [0.717, 1.165) is 0 Å². The van der Waals surface area contributed by atoms with Crippen molar-refractivity contribution in [1.29, 1.82) is 0 Å². The van der Waals surface area contributed by atoms with Gasteiger partial charge in [0.2, 0.25) is 11.8 Å². The Hall–Kier alpha value is -1.95. The number of carbonyl (C=O) groups is 2. The molecule has 1 rings (SSSR count). The molecule has 0 aliphatic heterocycles. The Morgan fingerprint density at radius 3 is 2.55 bits per heavy atom. The molecule has 110 valence electrons. The average molecular weight is 281 g/mol. The van der Waals surface area contributed by atoms with Gasteiger partial charge in [0.25, 0.3) is 0 Å². The molecule has 0 saturated carbocycles. The molecule has 0 aliphatic rings. The number of amides is 2. The number of benzene rings is 1. The van der Waals surface area contributed by atoms with Crippen LogP contribution in [0.1, 0.15) is 12.5 Å². The van der Waals surface area contributed by atoms with Gasteiger partial charge in [-0.3, -0.25) is 14.5 Å². The zero-order valence-electron chi connectivity index (χ0n) is 11.8. The summed E-state index contributed by atoms with van der Waals surface area (Å²) in [6.45, 7) is 2.74. The maximum atomic E-state index is 13.4. The van der Waals surface area contributed by atoms with Gasteiger partial charge in [0.05, 0.1) is 13.1 Å². The number of nitrogens with one attached hydrogen (secondary N) is 2. The number of carbonyl (C=O) groups excluding carboxylic acids is 2. The largest absolute Gasteiger partial charge is 0.355 e. The van der Waals surface area contributed by atoms with Crippen molar-refractivity contribution in [3.63, 3.8) is 0 Å². The number of hydrogen-bond donors (Lipinski definition) is 2. The third kappa shape index (κ3) is 5.79. The van der Waals surface area contributed by atoms with Crippen molar-refractivity contribution in [3.8, 4) is 0 Å². The van der Waals surface area contributed by atoms with Crippen LogP contribution in [0.15, 0.2) is 24.3 Å². The van der Waals surface area contributed by atoms with Crippen LogP contribution >= 0.6 is 0 Å². The van der Waals surface area contributed by atoms with Crippen molar-refractivity contribution in [3.05, 3.63) is 35.6 Å². The molecule has 0 unspecified atom stereocenters. The summed E-state index contributed by atoms with van der Waals surface area (Å²) in [4.78, 5) is 24.5. The van der Waals surface area contributed by atoms with Crippen molar-refractivity contribution in [2.24, 2.45) is 0 Å². The van der Waals surface area contributed by atoms with Crippen LogP contribution in [0.3, 0.4) is 0 Å². The minimum atomic E-state index is -0.290. The van der Waals surface area contributed by atoms with E-state index < -0.39 is 0 Å². The lowest BCUT2D eigenvalue weighted by Gasteiger charge is -2.16. The van der Waals surface area contributed by atoms with Crippen LogP contribution in [0.2, 0.25) is 0 Å². The first kappa shape index (κ1) is 16.1. The lowest BCUT2D eigenvalue weighted by molar-refractivity contribution is -0.126. The highest BCUT2D eigenvalue weighted by Crippen LogP contribution is 2.08. The molecule has 6 heteroatoms. The maximum absolute atomic E-state index is 13.4. The van der Waals surface area contributed by atoms with Crippen LogP contribution in [0, 0.1) is 5.82 Å². The molecule has 1 aromatic carbocycles. The van der Waals surface area contributed by atoms with Crippen LogP contribution in [-0.4, -0.2) is 43.4 Å². The Bertz CT molecular complexity index is 465. The topological polar surface area (TPSA) is 61.4 Å². The van der Waals surface area contributed by atoms with Crippen molar-refractivity contribution in [2.75, 3.05) is 26.7 Å². The molecule has 2 amide bonds. The quantitative estimate of drug-likeness (QED) is 0.765. The predicted octanol–water partition coefficient (Wildman–Crippen LogP) is 0.510. The third-order valence-electron chi connectivity index (χ3n) is 2.63. The third-order valence-corrected chi connectivity index (χ3v) is 2.63. The summed E-state index contributed by atoms with van der Waals surface area (Å²) < 4.78 is 13.4. The summed E-state index contributed by atoms with van der Waals surface area (Å²) in [7, 11) is 1.72. The van der Waals surface area contributed by atoms with E-state index in [1.54, 1.807) is 30.1 Å². The van der Waals surface area contributed by atoms with Gasteiger partial charge >= 0.3 is 0 Å². The standard InChI is InChI=1S/C14H20FN3O2/c1-3-16-13(19)8-17-14(20)10-18(2)9-11-6-4-5-7-12(11)15/h4-7H,3,8-10H2,1-2H3,(H,16,19)(H,17,20). The Morgan fingerprint density at radius 2 is 1.90 bits per heavy atom. The van der Waals surface area contributed by atoms with E-state index >= 15 is 0 Å². The van der Waals surface area contributed by atoms with Crippen molar-refractivity contribution in [1.82, 2.24) is 15.5 Å². The first-order valence-electron chi connectivity index (χ1n) is 6.48. The number of rotatable bonds is 7. The number of nitrogens with zero attached hydrogens (tertiary/aromatic N) is 1. The van der Waals surface area contributed by atoms with Gasteiger partial charge in [-0.25, -0.2) is 4.39 Å². The second kappa shape index (κ2) is 8.27. The lowest BCUT2D eigenvalue weighted by atomic mass is 10.2. The SMILES string of the molecule is CCNC(=O)CNC(=O)CN(C)Cc1ccccc1F. The van der Waals surface area contributed by atoms with E-state index in [2.05, 4.69) is 10.6 Å². The Balaban J connectivity index is 2.35. The van der Waals surface area contributed by atoms with Crippen LogP contribution < -0.4 is 10.6 Å². The molecule has 5 nitrogen and oxygen atoms in total. The predicted molar refractivity (Wildman–Crippen MR) is 74.4 cm³/mol. The van der Waals surface area contributed by atoms with Gasteiger partial charge in [0.1, 0.15) is 5.82 Å². The zero-order chi connectivity index (χ0) is 15.0. The van der Waals surface area contributed by atoms with E-state index in [-0.39, 0.29) is 30.7 Å². The molecule has 0 radical (unpaired) electrons. The summed E-state index contributed by atoms with van der Waals surface area (Å²) >= 11 is 0. The van der Waals surface area contributed by atoms with Gasteiger partial charge in [-0.05, 0) is 20.0 Å². The Kier molecular flexibility index (Phi) is 6.66. The van der Waals surface area contributed by atoms with E-state index in [1.807, 2.05) is 6.92 Å². The Morgan fingerprint density at radius 1 is 1.20 bits per heavy atom. The van der Waals surface area contributed by atoms with Crippen molar-refractivity contribution in [2.45, 2.75) is 13.5 Å². The lowest BCUT2D eigenvalue weighted by Crippen LogP contribution is -2.41. The molecule has 0 spiro atoms. The zero-order valence-corrected chi connectivity index (χ0v) is 11.8. The molecule has 0 aromatic heterocycles. The normalized spacial score (nSPS) is 10.4. The molecule has 0 aliphatic carbocycles. The molecular formula is C14H20FN3O2. The fourth-order valence-corrected chi connectivity index (χ4v) is 1.71. The van der Waals surface area contributed by atoms with Crippen molar-refractivity contribution < 1.29 is 14.0 Å². The summed E-state index contributed by atoms with van der Waals surface area (Å²) in [6, 6.07) is 6.44. The molecule has 0 fully saturated rings. The van der Waals surface area contributed by atoms with Crippen molar-refractivity contribution >= 4 is 11.8 Å². The van der Waals surface area contributed by atoms with Gasteiger partial charge in [0, 0.05) is 18.7 Å². The van der Waals surface area contributed by atoms with E-state index in [9.17, 15) is 14.0 Å². The Labute approximate surface area is 118 Å². The van der Waals surface area contributed by atoms with E-state index in [4.69, 9.17) is 0 Å². The highest BCUT2D eigenvalue weighted by molar-refractivity contribution is 5.85. The van der Waals surface area contributed by atoms with Crippen LogP contribution in [0.25, 0.3) is 0 Å². The maximum Gasteiger partial charge on any atom is 0.239 e. The minimum absolute atomic E-state index is 0.0415. The summed E-state index contributed by atoms with van der Waals surface area (Å²) in [5.74, 6) is -0.783. The molecular weight excluding hydrogens is 261 g/mol. The molecule has 0 saturated heterocycles. The highest BCUT2D eigenvalue weighted by Gasteiger charge is 2.10. The van der Waals surface area contributed by atoms with Gasteiger partial charge < -0.3 is 10.6 Å². The smallest absolute Gasteiger partial charge is 0.239 e. The molecule has 1 aromatic rings. The summed E-state index contributed by atoms with van der Waals surface area (Å²) in [5.41, 5.74) is 0.534. The van der Waals surface area contributed by atoms with Gasteiger partial charge in [0.15, 0.2) is 0 Å². The molecule has 20 heavy (non-hydrogen) atoms. The van der Waals surface area contributed by atoms with Crippen LogP contribution in [-0.2, 0) is 16.1 Å². The van der Waals surface area contributed by atoms with E-state index in [0.29, 0.717) is 18.7 Å². The van der Waals surface area contributed by atoms with Crippen LogP contribution in [0.5, 0.6) is 0 Å². The molecule has 2 N–H and O–H groups in total. The van der Waals surface area contributed by atoms with Gasteiger partial charge in [-0.15, -0.1) is 0 Å². The second-order valence-electron chi connectivity index (χ2n) is 4.49. The minimum Gasteiger partial charge on any atom is -0.355 e. The van der Waals surface area contributed by atoms with E-state index in [1.165, 1.54) is 6.07 Å². The first-order valence-corrected chi connectivity index (χ1v) is 6.48. The molecule has 0 heterocycles. The number of hydrogen-bond acceptors (Lipinski definition) is 3. The fourth-order valence-electron chi connectivity index (χ4n) is 1.71. The van der Waals surface area contributed by atoms with Gasteiger partial charge in [-0.1, -0.05) is 18.2 Å². The fraction of sp³-hybridized carbons (Fsp3) is 0.429. The van der Waals surface area contributed by atoms with Gasteiger partial charge in [-0.2, -0.15) is 0 Å². The summed E-state index contributed by atoms with van der Waals surface area (Å²) in [5, 5.41) is 5.10. The first-order chi connectivity index (χ1) is 9.52. The number of likely N-dealkylation sites (N-methyl/N-ethyl adjacent to an activating group) is 2. The highest BCUT2D eigenvalue weighted by atomic mass is 19.1. The second-order valence-corrected chi connectivity index (χ2v) is 4.49. The van der Waals surface area contributed by atoms with Crippen LogP contribution in [0.4, 0.5) is 4.39 Å².